The molecule has 1 amide bonds. The summed E-state index contributed by atoms with van der Waals surface area (Å²) < 4.78 is 39.1. The summed E-state index contributed by atoms with van der Waals surface area (Å²) in [5.41, 5.74) is -0.481. The number of hydrogen-bond donors (Lipinski definition) is 2. The fraction of sp³-hybridized carbons (Fsp3) is 0.588. The molecule has 1 aromatic rings. The van der Waals surface area contributed by atoms with E-state index < -0.39 is 23.6 Å². The number of aliphatic hydroxyl groups excluding tert-OH is 1. The van der Waals surface area contributed by atoms with Crippen LogP contribution >= 0.6 is 0 Å². The molecule has 1 aliphatic rings. The normalized spacial score (nSPS) is 22.0. The van der Waals surface area contributed by atoms with E-state index in [1.807, 2.05) is 13.8 Å². The topological polar surface area (TPSA) is 49.3 Å². The van der Waals surface area contributed by atoms with E-state index in [-0.39, 0.29) is 24.1 Å². The molecule has 0 spiro atoms. The molecule has 0 aromatic heterocycles. The van der Waals surface area contributed by atoms with Gasteiger partial charge >= 0.3 is 6.18 Å². The number of halogens is 3. The van der Waals surface area contributed by atoms with Crippen molar-refractivity contribution in [1.29, 1.82) is 0 Å². The quantitative estimate of drug-likeness (QED) is 0.841. The molecule has 23 heavy (non-hydrogen) atoms. The number of carbonyl (C=O) groups is 1. The monoisotopic (exact) mass is 329 g/mol. The zero-order valence-corrected chi connectivity index (χ0v) is 13.2. The molecule has 0 saturated heterocycles. The van der Waals surface area contributed by atoms with Crippen molar-refractivity contribution in [3.63, 3.8) is 0 Å². The summed E-state index contributed by atoms with van der Waals surface area (Å²) in [5, 5.41) is 12.0. The van der Waals surface area contributed by atoms with E-state index in [1.165, 1.54) is 12.1 Å². The maximum atomic E-state index is 13.0. The number of benzene rings is 1. The predicted octanol–water partition coefficient (Wildman–Crippen LogP) is 3.33. The highest BCUT2D eigenvalue weighted by Gasteiger charge is 2.48. The fourth-order valence-corrected chi connectivity index (χ4v) is 2.96. The van der Waals surface area contributed by atoms with Gasteiger partial charge in [-0.25, -0.2) is 0 Å². The molecule has 3 nitrogen and oxygen atoms in total. The Balaban J connectivity index is 2.04. The van der Waals surface area contributed by atoms with Crippen molar-refractivity contribution in [1.82, 2.24) is 5.32 Å². The predicted molar refractivity (Wildman–Crippen MR) is 80.8 cm³/mol. The van der Waals surface area contributed by atoms with Gasteiger partial charge in [0.05, 0.1) is 18.2 Å². The van der Waals surface area contributed by atoms with Gasteiger partial charge in [-0.05, 0) is 36.3 Å². The summed E-state index contributed by atoms with van der Waals surface area (Å²) in [4.78, 5) is 12.2. The van der Waals surface area contributed by atoms with Crippen molar-refractivity contribution in [3.05, 3.63) is 35.4 Å². The molecule has 0 radical (unpaired) electrons. The zero-order valence-electron chi connectivity index (χ0n) is 13.2. The lowest BCUT2D eigenvalue weighted by molar-refractivity contribution is -0.138. The zero-order chi connectivity index (χ0) is 17.2. The Labute approximate surface area is 133 Å². The Bertz CT molecular complexity index is 557. The van der Waals surface area contributed by atoms with Crippen molar-refractivity contribution >= 4 is 5.91 Å². The minimum absolute atomic E-state index is 0.166. The third-order valence-electron chi connectivity index (χ3n) is 4.12. The lowest BCUT2D eigenvalue weighted by Gasteiger charge is -2.18. The largest absolute Gasteiger partial charge is 0.416 e. The SMILES string of the molecule is CC(C)CC(CO)NC(=O)C1CC1c1ccccc1C(F)(F)F. The molecule has 0 aliphatic heterocycles. The first kappa shape index (κ1) is 17.8. The summed E-state index contributed by atoms with van der Waals surface area (Å²) in [5.74, 6) is -0.800. The van der Waals surface area contributed by atoms with Crippen LogP contribution in [-0.2, 0) is 11.0 Å². The number of amides is 1. The maximum Gasteiger partial charge on any atom is 0.416 e. The summed E-state index contributed by atoms with van der Waals surface area (Å²) >= 11 is 0. The van der Waals surface area contributed by atoms with Gasteiger partial charge in [0, 0.05) is 5.92 Å². The molecule has 0 bridgehead atoms. The Morgan fingerprint density at radius 1 is 1.35 bits per heavy atom. The van der Waals surface area contributed by atoms with Gasteiger partial charge in [0.2, 0.25) is 5.91 Å². The van der Waals surface area contributed by atoms with E-state index in [0.717, 1.165) is 6.07 Å². The molecule has 1 aromatic carbocycles. The van der Waals surface area contributed by atoms with Gasteiger partial charge in [0.15, 0.2) is 0 Å². The third-order valence-corrected chi connectivity index (χ3v) is 4.12. The first-order chi connectivity index (χ1) is 10.7. The second kappa shape index (κ2) is 6.91. The lowest BCUT2D eigenvalue weighted by atomic mass is 10.0. The average molecular weight is 329 g/mol. The van der Waals surface area contributed by atoms with Crippen LogP contribution in [0.15, 0.2) is 24.3 Å². The molecular weight excluding hydrogens is 307 g/mol. The third kappa shape index (κ3) is 4.47. The van der Waals surface area contributed by atoms with Crippen molar-refractivity contribution < 1.29 is 23.1 Å². The van der Waals surface area contributed by atoms with Crippen molar-refractivity contribution in [2.24, 2.45) is 11.8 Å². The van der Waals surface area contributed by atoms with Gasteiger partial charge in [-0.3, -0.25) is 4.79 Å². The Kier molecular flexibility index (Phi) is 5.34. The van der Waals surface area contributed by atoms with Crippen LogP contribution in [0.25, 0.3) is 0 Å². The molecule has 2 rings (SSSR count). The summed E-state index contributed by atoms with van der Waals surface area (Å²) in [6, 6.07) is 5.07. The van der Waals surface area contributed by atoms with E-state index in [1.54, 1.807) is 6.07 Å². The number of aliphatic hydroxyl groups is 1. The van der Waals surface area contributed by atoms with Crippen LogP contribution in [0.2, 0.25) is 0 Å². The molecule has 1 saturated carbocycles. The van der Waals surface area contributed by atoms with Gasteiger partial charge in [0.1, 0.15) is 0 Å². The summed E-state index contributed by atoms with van der Waals surface area (Å²) in [6.45, 7) is 3.79. The highest BCUT2D eigenvalue weighted by Crippen LogP contribution is 2.51. The van der Waals surface area contributed by atoms with Crippen molar-refractivity contribution in [3.8, 4) is 0 Å². The highest BCUT2D eigenvalue weighted by atomic mass is 19.4. The van der Waals surface area contributed by atoms with Crippen LogP contribution < -0.4 is 5.32 Å². The van der Waals surface area contributed by atoms with E-state index in [4.69, 9.17) is 0 Å². The van der Waals surface area contributed by atoms with Gasteiger partial charge in [-0.2, -0.15) is 13.2 Å². The first-order valence-electron chi connectivity index (χ1n) is 7.81. The second-order valence-corrected chi connectivity index (χ2v) is 6.55. The summed E-state index contributed by atoms with van der Waals surface area (Å²) in [7, 11) is 0. The Morgan fingerprint density at radius 2 is 2.00 bits per heavy atom. The molecule has 1 aliphatic carbocycles. The first-order valence-corrected chi connectivity index (χ1v) is 7.81. The van der Waals surface area contributed by atoms with Crippen LogP contribution in [0.5, 0.6) is 0 Å². The molecule has 1 fully saturated rings. The number of alkyl halides is 3. The fourth-order valence-electron chi connectivity index (χ4n) is 2.96. The smallest absolute Gasteiger partial charge is 0.394 e. The van der Waals surface area contributed by atoms with E-state index in [0.29, 0.717) is 18.8 Å². The second-order valence-electron chi connectivity index (χ2n) is 6.55. The molecular formula is C17H22F3NO2. The van der Waals surface area contributed by atoms with E-state index in [2.05, 4.69) is 5.32 Å². The van der Waals surface area contributed by atoms with Gasteiger partial charge in [-0.1, -0.05) is 32.0 Å². The Hall–Kier alpha value is -1.56. The molecule has 3 unspecified atom stereocenters. The lowest BCUT2D eigenvalue weighted by Crippen LogP contribution is -2.39. The number of hydrogen-bond acceptors (Lipinski definition) is 2. The van der Waals surface area contributed by atoms with Crippen LogP contribution in [-0.4, -0.2) is 23.7 Å². The molecule has 128 valence electrons. The van der Waals surface area contributed by atoms with Gasteiger partial charge in [0.25, 0.3) is 0 Å². The van der Waals surface area contributed by atoms with Gasteiger partial charge in [-0.15, -0.1) is 0 Å². The number of rotatable bonds is 6. The van der Waals surface area contributed by atoms with E-state index >= 15 is 0 Å². The minimum atomic E-state index is -4.41. The van der Waals surface area contributed by atoms with Crippen molar-refractivity contribution in [2.45, 2.75) is 44.8 Å². The van der Waals surface area contributed by atoms with E-state index in [9.17, 15) is 23.1 Å². The number of nitrogens with one attached hydrogen (secondary N) is 1. The van der Waals surface area contributed by atoms with Crippen LogP contribution in [0.4, 0.5) is 13.2 Å². The van der Waals surface area contributed by atoms with Crippen LogP contribution in [0, 0.1) is 11.8 Å². The molecule has 6 heteroatoms. The number of carbonyl (C=O) groups excluding carboxylic acids is 1. The van der Waals surface area contributed by atoms with Crippen LogP contribution in [0.3, 0.4) is 0 Å². The minimum Gasteiger partial charge on any atom is -0.394 e. The van der Waals surface area contributed by atoms with Gasteiger partial charge < -0.3 is 10.4 Å². The highest BCUT2D eigenvalue weighted by molar-refractivity contribution is 5.83. The van der Waals surface area contributed by atoms with Crippen LogP contribution in [0.1, 0.15) is 43.7 Å². The average Bonchev–Trinajstić information content (AvgIpc) is 3.25. The van der Waals surface area contributed by atoms with Crippen molar-refractivity contribution in [2.75, 3.05) is 6.61 Å². The maximum absolute atomic E-state index is 13.0. The molecule has 3 atom stereocenters. The standard InChI is InChI=1S/C17H22F3NO2/c1-10(2)7-11(9-22)21-16(23)14-8-13(14)12-5-3-4-6-15(12)17(18,19)20/h3-6,10-11,13-14,22H,7-9H2,1-2H3,(H,21,23). The summed E-state index contributed by atoms with van der Waals surface area (Å²) in [6.07, 6.45) is -3.36. The molecule has 2 N–H and O–H groups in total. The molecule has 0 heterocycles. The Morgan fingerprint density at radius 3 is 2.57 bits per heavy atom.